The fraction of sp³-hybridized carbons (Fsp3) is 0.350. The van der Waals surface area contributed by atoms with Gasteiger partial charge in [-0.25, -0.2) is 27.3 Å². The third kappa shape index (κ3) is 4.69. The molecule has 1 aromatic heterocycles. The van der Waals surface area contributed by atoms with Gasteiger partial charge in [0.05, 0.1) is 12.2 Å². The van der Waals surface area contributed by atoms with Crippen LogP contribution >= 0.6 is 22.9 Å². The van der Waals surface area contributed by atoms with E-state index in [4.69, 9.17) is 16.3 Å². The number of nitrogens with zero attached hydrogens (tertiary/aromatic N) is 3. The normalized spacial score (nSPS) is 20.5. The molecule has 0 spiro atoms. The number of sulfonamides is 1. The summed E-state index contributed by atoms with van der Waals surface area (Å²) in [5, 5.41) is 2.19. The van der Waals surface area contributed by atoms with Gasteiger partial charge in [0, 0.05) is 46.9 Å². The second-order valence-corrected chi connectivity index (χ2v) is 10.4. The minimum absolute atomic E-state index is 0.0241. The van der Waals surface area contributed by atoms with Crippen LogP contribution < -0.4 is 4.72 Å². The number of hydrogen-bond acceptors (Lipinski definition) is 8. The van der Waals surface area contributed by atoms with E-state index in [1.54, 1.807) is 23.4 Å². The first kappa shape index (κ1) is 24.6. The molecule has 2 aliphatic heterocycles. The minimum Gasteiger partial charge on any atom is -0.463 e. The smallest absolute Gasteiger partial charge is 0.350 e. The number of esters is 1. The number of aliphatic imine (C=N–C) groups is 1. The average molecular weight is 535 g/mol. The van der Waals surface area contributed by atoms with Crippen molar-refractivity contribution in [2.75, 3.05) is 13.2 Å². The number of amidine groups is 1. The maximum atomic E-state index is 13.7. The predicted octanol–water partition coefficient (Wildman–Crippen LogP) is 3.47. The number of hydrogen-bond donors (Lipinski definition) is 1. The highest BCUT2D eigenvalue weighted by molar-refractivity contribution is 7.89. The van der Waals surface area contributed by atoms with Crippen molar-refractivity contribution in [2.45, 2.75) is 31.2 Å². The van der Waals surface area contributed by atoms with Gasteiger partial charge in [0.25, 0.3) is 10.0 Å². The van der Waals surface area contributed by atoms with Crippen LogP contribution in [0.5, 0.6) is 0 Å². The zero-order valence-electron chi connectivity index (χ0n) is 17.5. The highest BCUT2D eigenvalue weighted by Gasteiger charge is 2.44. The van der Waals surface area contributed by atoms with Crippen molar-refractivity contribution in [3.8, 4) is 0 Å². The summed E-state index contributed by atoms with van der Waals surface area (Å²) in [5.41, 5.74) is 0.726. The molecule has 0 aliphatic carbocycles. The van der Waals surface area contributed by atoms with Gasteiger partial charge >= 0.3 is 11.7 Å². The van der Waals surface area contributed by atoms with Gasteiger partial charge in [-0.2, -0.15) is 8.78 Å². The molecule has 2 atom stereocenters. The van der Waals surface area contributed by atoms with E-state index >= 15 is 0 Å². The van der Waals surface area contributed by atoms with Crippen LogP contribution in [0.1, 0.15) is 30.0 Å². The van der Waals surface area contributed by atoms with Crippen LogP contribution in [0.4, 0.5) is 13.2 Å². The van der Waals surface area contributed by atoms with E-state index in [-0.39, 0.29) is 30.2 Å². The minimum atomic E-state index is -4.89. The van der Waals surface area contributed by atoms with Crippen molar-refractivity contribution in [2.24, 2.45) is 4.99 Å². The number of thiazole rings is 1. The maximum absolute atomic E-state index is 13.7. The van der Waals surface area contributed by atoms with E-state index in [1.807, 2.05) is 4.72 Å². The SMILES string of the molecule is CCOC(=O)C1=C2C[C@H](NS(=O)(=O)C(F)F)CN2C(c2nccs2)=N[C@H]1c1ccc(F)cc1Cl. The first-order valence-electron chi connectivity index (χ1n) is 10.0. The van der Waals surface area contributed by atoms with Gasteiger partial charge in [-0.1, -0.05) is 17.7 Å². The fourth-order valence-electron chi connectivity index (χ4n) is 3.88. The van der Waals surface area contributed by atoms with E-state index in [2.05, 4.69) is 9.98 Å². The molecule has 0 saturated carbocycles. The lowest BCUT2D eigenvalue weighted by molar-refractivity contribution is -0.139. The number of carbonyl (C=O) groups is 1. The molecule has 34 heavy (non-hydrogen) atoms. The van der Waals surface area contributed by atoms with Crippen LogP contribution in [-0.4, -0.2) is 55.1 Å². The van der Waals surface area contributed by atoms with Crippen molar-refractivity contribution in [1.29, 1.82) is 0 Å². The summed E-state index contributed by atoms with van der Waals surface area (Å²) in [7, 11) is -4.89. The Bertz CT molecular complexity index is 1270. The van der Waals surface area contributed by atoms with Crippen molar-refractivity contribution < 1.29 is 31.1 Å². The Kier molecular flexibility index (Phi) is 6.99. The number of fused-ring (bicyclic) bond motifs is 1. The molecule has 2 aliphatic rings. The molecular weight excluding hydrogens is 517 g/mol. The van der Waals surface area contributed by atoms with Gasteiger partial charge in [0.2, 0.25) is 0 Å². The van der Waals surface area contributed by atoms with Crippen molar-refractivity contribution in [3.05, 3.63) is 62.5 Å². The fourth-order valence-corrected chi connectivity index (χ4v) is 5.51. The molecule has 1 aromatic carbocycles. The summed E-state index contributed by atoms with van der Waals surface area (Å²) >= 11 is 7.54. The van der Waals surface area contributed by atoms with Crippen LogP contribution in [0.15, 0.2) is 46.0 Å². The first-order valence-corrected chi connectivity index (χ1v) is 12.8. The Morgan fingerprint density at radius 3 is 2.79 bits per heavy atom. The second-order valence-electron chi connectivity index (χ2n) is 7.37. The molecule has 0 unspecified atom stereocenters. The number of rotatable bonds is 7. The van der Waals surface area contributed by atoms with E-state index in [0.29, 0.717) is 22.1 Å². The number of benzene rings is 1. The lowest BCUT2D eigenvalue weighted by Gasteiger charge is -2.31. The standard InChI is InChI=1S/C20H18ClF3N4O4S2/c1-2-32-19(29)15-14-8-11(27-34(30,31)20(23)24)9-28(14)17(18-25-5-6-33-18)26-16(15)12-4-3-10(22)7-13(12)21/h3-7,11,16,20,27H,2,8-9H2,1H3/t11-,16-/m0/s1. The van der Waals surface area contributed by atoms with Crippen molar-refractivity contribution >= 4 is 44.8 Å². The summed E-state index contributed by atoms with van der Waals surface area (Å²) in [5.74, 6) is -4.61. The van der Waals surface area contributed by atoms with Gasteiger partial charge in [0.15, 0.2) is 10.8 Å². The lowest BCUT2D eigenvalue weighted by Crippen LogP contribution is -2.41. The van der Waals surface area contributed by atoms with E-state index in [9.17, 15) is 26.4 Å². The van der Waals surface area contributed by atoms with Gasteiger partial charge < -0.3 is 9.64 Å². The summed E-state index contributed by atoms with van der Waals surface area (Å²) in [4.78, 5) is 23.5. The monoisotopic (exact) mass is 534 g/mol. The summed E-state index contributed by atoms with van der Waals surface area (Å²) < 4.78 is 70.5. The number of halogens is 4. The molecule has 2 aromatic rings. The van der Waals surface area contributed by atoms with E-state index in [1.165, 1.54) is 23.5 Å². The highest BCUT2D eigenvalue weighted by Crippen LogP contribution is 2.42. The van der Waals surface area contributed by atoms with Crippen molar-refractivity contribution in [3.63, 3.8) is 0 Å². The topological polar surface area (TPSA) is 101 Å². The van der Waals surface area contributed by atoms with Gasteiger partial charge in [-0.3, -0.25) is 4.99 Å². The largest absolute Gasteiger partial charge is 0.463 e. The number of ether oxygens (including phenoxy) is 1. The van der Waals surface area contributed by atoms with Crippen molar-refractivity contribution in [1.82, 2.24) is 14.6 Å². The maximum Gasteiger partial charge on any atom is 0.350 e. The summed E-state index contributed by atoms with van der Waals surface area (Å²) in [6.45, 7) is 1.60. The Morgan fingerprint density at radius 2 is 2.18 bits per heavy atom. The number of nitrogens with one attached hydrogen (secondary N) is 1. The van der Waals surface area contributed by atoms with Gasteiger partial charge in [-0.05, 0) is 19.1 Å². The third-order valence-corrected chi connectivity index (χ3v) is 7.43. The van der Waals surface area contributed by atoms with Gasteiger partial charge in [0.1, 0.15) is 11.9 Å². The number of aromatic nitrogens is 1. The Morgan fingerprint density at radius 1 is 1.41 bits per heavy atom. The van der Waals surface area contributed by atoms with Crippen LogP contribution in [0, 0.1) is 5.82 Å². The molecule has 0 bridgehead atoms. The zero-order chi connectivity index (χ0) is 24.6. The summed E-state index contributed by atoms with van der Waals surface area (Å²) in [6, 6.07) is 1.68. The quantitative estimate of drug-likeness (QED) is 0.546. The lowest BCUT2D eigenvalue weighted by atomic mass is 9.94. The Hall–Kier alpha value is -2.48. The number of carbonyl (C=O) groups excluding carboxylic acids is 1. The molecule has 1 N–H and O–H groups in total. The molecule has 0 radical (unpaired) electrons. The van der Waals surface area contributed by atoms with Gasteiger partial charge in [-0.15, -0.1) is 11.3 Å². The molecule has 182 valence electrons. The molecular formula is C20H18ClF3N4O4S2. The van der Waals surface area contributed by atoms with Crippen LogP contribution in [-0.2, 0) is 19.6 Å². The van der Waals surface area contributed by atoms with Crippen LogP contribution in [0.2, 0.25) is 5.02 Å². The average Bonchev–Trinajstić information content (AvgIpc) is 3.42. The molecule has 1 fully saturated rings. The predicted molar refractivity (Wildman–Crippen MR) is 120 cm³/mol. The molecule has 0 amide bonds. The molecule has 1 saturated heterocycles. The second kappa shape index (κ2) is 9.64. The third-order valence-electron chi connectivity index (χ3n) is 5.20. The molecule has 14 heteroatoms. The van der Waals surface area contributed by atoms with E-state index in [0.717, 1.165) is 6.07 Å². The van der Waals surface area contributed by atoms with E-state index < -0.39 is 39.7 Å². The number of alkyl halides is 2. The molecule has 3 heterocycles. The summed E-state index contributed by atoms with van der Waals surface area (Å²) in [6.07, 6.45) is 1.46. The Balaban J connectivity index is 1.87. The zero-order valence-corrected chi connectivity index (χ0v) is 19.9. The Labute approximate surface area is 202 Å². The highest BCUT2D eigenvalue weighted by atomic mass is 35.5. The molecule has 4 rings (SSSR count). The first-order chi connectivity index (χ1) is 16.1. The van der Waals surface area contributed by atoms with Crippen LogP contribution in [0.3, 0.4) is 0 Å². The van der Waals surface area contributed by atoms with Crippen LogP contribution in [0.25, 0.3) is 0 Å². The molecule has 8 nitrogen and oxygen atoms in total.